The molecule has 0 aromatic carbocycles. The molecule has 0 radical (unpaired) electrons. The van der Waals surface area contributed by atoms with Gasteiger partial charge in [-0.25, -0.2) is 5.01 Å². The van der Waals surface area contributed by atoms with Gasteiger partial charge in [0.15, 0.2) is 0 Å². The molecule has 6 nitrogen and oxygen atoms in total. The molecule has 2 fully saturated rings. The second kappa shape index (κ2) is 9.70. The van der Waals surface area contributed by atoms with Crippen LogP contribution in [0.3, 0.4) is 0 Å². The Morgan fingerprint density at radius 3 is 2.64 bits per heavy atom. The first kappa shape index (κ1) is 19.6. The molecule has 3 heterocycles. The summed E-state index contributed by atoms with van der Waals surface area (Å²) in [7, 11) is 0. The van der Waals surface area contributed by atoms with Crippen LogP contribution >= 0.6 is 0 Å². The average molecular weight is 387 g/mol. The van der Waals surface area contributed by atoms with E-state index < -0.39 is 0 Å². The third-order valence-corrected chi connectivity index (χ3v) is 6.66. The van der Waals surface area contributed by atoms with E-state index in [9.17, 15) is 0 Å². The molecule has 0 bridgehead atoms. The van der Waals surface area contributed by atoms with Crippen molar-refractivity contribution in [3.63, 3.8) is 0 Å². The zero-order valence-electron chi connectivity index (χ0n) is 16.9. The molecule has 6 heteroatoms. The Labute approximate surface area is 168 Å². The number of nitrogens with one attached hydrogen (secondary N) is 1. The molecule has 1 saturated carbocycles. The third kappa shape index (κ3) is 4.18. The van der Waals surface area contributed by atoms with Gasteiger partial charge in [0, 0.05) is 24.3 Å². The summed E-state index contributed by atoms with van der Waals surface area (Å²) in [6.45, 7) is 2.03. The Morgan fingerprint density at radius 1 is 1.00 bits per heavy atom. The summed E-state index contributed by atoms with van der Waals surface area (Å²) < 4.78 is 11.3. The van der Waals surface area contributed by atoms with Crippen molar-refractivity contribution in [2.24, 2.45) is 0 Å². The van der Waals surface area contributed by atoms with Crippen molar-refractivity contribution >= 4 is 0 Å². The fourth-order valence-electron chi connectivity index (χ4n) is 5.23. The summed E-state index contributed by atoms with van der Waals surface area (Å²) >= 11 is 0. The summed E-state index contributed by atoms with van der Waals surface area (Å²) in [5.74, 6) is 1.30. The van der Waals surface area contributed by atoms with Crippen LogP contribution in [0.15, 0.2) is 33.6 Å². The highest BCUT2D eigenvalue weighted by atomic mass is 16.5. The summed E-state index contributed by atoms with van der Waals surface area (Å²) in [6, 6.07) is 4.15. The van der Waals surface area contributed by atoms with E-state index in [1.807, 2.05) is 6.07 Å². The van der Waals surface area contributed by atoms with Gasteiger partial charge in [0.2, 0.25) is 0 Å². The van der Waals surface area contributed by atoms with Crippen molar-refractivity contribution in [2.45, 2.75) is 88.5 Å². The van der Waals surface area contributed by atoms with E-state index in [1.165, 1.54) is 64.2 Å². The van der Waals surface area contributed by atoms with Gasteiger partial charge in [0.25, 0.3) is 0 Å². The fraction of sp³-hybridized carbons (Fsp3) is 0.727. The van der Waals surface area contributed by atoms with Gasteiger partial charge in [-0.15, -0.1) is 5.10 Å². The lowest BCUT2D eigenvalue weighted by Gasteiger charge is -2.47. The number of furan rings is 1. The minimum absolute atomic E-state index is 0.237. The van der Waals surface area contributed by atoms with Gasteiger partial charge < -0.3 is 8.94 Å². The van der Waals surface area contributed by atoms with Crippen LogP contribution < -0.4 is 5.43 Å². The molecule has 0 spiro atoms. The SMILES string of the molecule is c1coc(C2CCCCCCCC2(c2conn2)N2CCCCCCCN2)c1. The first-order valence-electron chi connectivity index (χ1n) is 11.2. The van der Waals surface area contributed by atoms with Crippen LogP contribution in [0.4, 0.5) is 0 Å². The molecule has 2 aromatic rings. The lowest BCUT2D eigenvalue weighted by molar-refractivity contribution is -0.0129. The predicted octanol–water partition coefficient (Wildman–Crippen LogP) is 5.16. The number of aromatic nitrogens is 2. The number of hydrazine groups is 1. The van der Waals surface area contributed by atoms with Gasteiger partial charge in [0.05, 0.1) is 11.8 Å². The maximum absolute atomic E-state index is 6.00. The summed E-state index contributed by atoms with van der Waals surface area (Å²) in [5.41, 5.74) is 4.46. The highest BCUT2D eigenvalue weighted by Gasteiger charge is 2.49. The van der Waals surface area contributed by atoms with E-state index in [2.05, 4.69) is 26.9 Å². The normalized spacial score (nSPS) is 29.1. The Bertz CT molecular complexity index is 663. The number of hydrogen-bond donors (Lipinski definition) is 1. The van der Waals surface area contributed by atoms with Crippen molar-refractivity contribution in [1.29, 1.82) is 0 Å². The number of hydrogen-bond acceptors (Lipinski definition) is 6. The predicted molar refractivity (Wildman–Crippen MR) is 108 cm³/mol. The van der Waals surface area contributed by atoms with Crippen LogP contribution in [0.25, 0.3) is 0 Å². The van der Waals surface area contributed by atoms with Crippen molar-refractivity contribution in [2.75, 3.05) is 13.1 Å². The number of nitrogens with zero attached hydrogens (tertiary/aromatic N) is 3. The molecular weight excluding hydrogens is 352 g/mol. The van der Waals surface area contributed by atoms with Crippen LogP contribution in [-0.4, -0.2) is 28.5 Å². The average Bonchev–Trinajstić information content (AvgIpc) is 3.44. The summed E-state index contributed by atoms with van der Waals surface area (Å²) in [5, 5.41) is 10.9. The van der Waals surface area contributed by atoms with Crippen molar-refractivity contribution in [1.82, 2.24) is 20.8 Å². The van der Waals surface area contributed by atoms with Crippen molar-refractivity contribution in [3.05, 3.63) is 36.1 Å². The topological polar surface area (TPSA) is 67.3 Å². The van der Waals surface area contributed by atoms with E-state index >= 15 is 0 Å². The van der Waals surface area contributed by atoms with E-state index in [4.69, 9.17) is 8.94 Å². The number of rotatable bonds is 3. The minimum Gasteiger partial charge on any atom is -0.469 e. The molecule has 1 N–H and O–H groups in total. The van der Waals surface area contributed by atoms with Crippen LogP contribution in [0.5, 0.6) is 0 Å². The highest BCUT2D eigenvalue weighted by Crippen LogP contribution is 2.48. The summed E-state index contributed by atoms with van der Waals surface area (Å²) in [6.07, 6.45) is 18.3. The zero-order valence-corrected chi connectivity index (χ0v) is 16.9. The van der Waals surface area contributed by atoms with E-state index in [0.717, 1.165) is 37.4 Å². The Balaban J connectivity index is 1.79. The highest BCUT2D eigenvalue weighted by molar-refractivity contribution is 5.22. The first-order valence-corrected chi connectivity index (χ1v) is 11.2. The smallest absolute Gasteiger partial charge is 0.149 e. The fourth-order valence-corrected chi connectivity index (χ4v) is 5.23. The zero-order chi connectivity index (χ0) is 19.1. The quantitative estimate of drug-likeness (QED) is 0.786. The third-order valence-electron chi connectivity index (χ3n) is 6.66. The molecule has 154 valence electrons. The molecule has 1 aliphatic heterocycles. The largest absolute Gasteiger partial charge is 0.469 e. The van der Waals surface area contributed by atoms with Crippen LogP contribution in [-0.2, 0) is 5.54 Å². The van der Waals surface area contributed by atoms with Gasteiger partial charge in [-0.05, 0) is 37.8 Å². The van der Waals surface area contributed by atoms with Crippen LogP contribution in [0.1, 0.15) is 94.4 Å². The molecule has 28 heavy (non-hydrogen) atoms. The molecule has 2 unspecified atom stereocenters. The molecule has 2 aliphatic rings. The van der Waals surface area contributed by atoms with Crippen molar-refractivity contribution < 1.29 is 8.94 Å². The lowest BCUT2D eigenvalue weighted by atomic mass is 9.73. The van der Waals surface area contributed by atoms with Crippen LogP contribution in [0.2, 0.25) is 0 Å². The van der Waals surface area contributed by atoms with E-state index in [0.29, 0.717) is 0 Å². The van der Waals surface area contributed by atoms with Gasteiger partial charge in [-0.2, -0.15) is 0 Å². The standard InChI is InChI=1S/C22H34N4O2/c1-3-7-12-19(20-13-11-17-27-20)22(14-8-4-1,21-18-28-25-24-21)26-16-10-6-2-5-9-15-23-26/h11,13,17-19,23H,1-10,12,14-16H2. The molecule has 2 atom stereocenters. The van der Waals surface area contributed by atoms with Gasteiger partial charge in [-0.1, -0.05) is 51.4 Å². The second-order valence-electron chi connectivity index (χ2n) is 8.42. The first-order chi connectivity index (χ1) is 13.9. The summed E-state index contributed by atoms with van der Waals surface area (Å²) in [4.78, 5) is 0. The molecule has 4 rings (SSSR count). The molecule has 2 aromatic heterocycles. The Morgan fingerprint density at radius 2 is 1.82 bits per heavy atom. The Kier molecular flexibility index (Phi) is 6.81. The minimum atomic E-state index is -0.285. The molecule has 1 aliphatic carbocycles. The second-order valence-corrected chi connectivity index (χ2v) is 8.42. The Hall–Kier alpha value is -1.66. The maximum atomic E-state index is 6.00. The van der Waals surface area contributed by atoms with Crippen molar-refractivity contribution in [3.8, 4) is 0 Å². The molecular formula is C22H34N4O2. The maximum Gasteiger partial charge on any atom is 0.149 e. The molecule has 0 amide bonds. The lowest BCUT2D eigenvalue weighted by Crippen LogP contribution is -2.57. The van der Waals surface area contributed by atoms with Gasteiger partial charge in [-0.3, -0.25) is 5.43 Å². The monoisotopic (exact) mass is 386 g/mol. The van der Waals surface area contributed by atoms with Gasteiger partial charge in [0.1, 0.15) is 17.7 Å². The van der Waals surface area contributed by atoms with Gasteiger partial charge >= 0.3 is 0 Å². The molecule has 1 saturated heterocycles. The van der Waals surface area contributed by atoms with E-state index in [-0.39, 0.29) is 11.5 Å². The van der Waals surface area contributed by atoms with Crippen LogP contribution in [0, 0.1) is 0 Å². The van der Waals surface area contributed by atoms with E-state index in [1.54, 1.807) is 12.5 Å².